The molecule has 1 aromatic heterocycles. The number of nitrogens with zero attached hydrogens (tertiary/aromatic N) is 2. The fourth-order valence-corrected chi connectivity index (χ4v) is 2.51. The van der Waals surface area contributed by atoms with Gasteiger partial charge in [-0.05, 0) is 25.8 Å². The lowest BCUT2D eigenvalue weighted by Gasteiger charge is -2.04. The van der Waals surface area contributed by atoms with Crippen LogP contribution in [0.5, 0.6) is 10.9 Å². The first kappa shape index (κ1) is 13.3. The Kier molecular flexibility index (Phi) is 4.08. The molecule has 1 aliphatic carbocycles. The first-order valence-corrected chi connectivity index (χ1v) is 7.62. The molecule has 0 radical (unpaired) electrons. The van der Waals surface area contributed by atoms with Crippen molar-refractivity contribution in [2.24, 2.45) is 0 Å². The van der Waals surface area contributed by atoms with Gasteiger partial charge in [0.2, 0.25) is 0 Å². The number of benzene rings is 1. The second-order valence-electron chi connectivity index (χ2n) is 4.76. The van der Waals surface area contributed by atoms with Crippen LogP contribution in [0.25, 0.3) is 6.08 Å². The van der Waals surface area contributed by atoms with Gasteiger partial charge in [-0.1, -0.05) is 46.8 Å². The molecule has 1 N–H and O–H groups in total. The van der Waals surface area contributed by atoms with Gasteiger partial charge in [-0.2, -0.15) is 0 Å². The summed E-state index contributed by atoms with van der Waals surface area (Å²) in [6, 6.07) is 8.59. The van der Waals surface area contributed by atoms with Crippen molar-refractivity contribution in [3.8, 4) is 10.9 Å². The minimum Gasteiger partial charge on any atom is -0.429 e. The third kappa shape index (κ3) is 3.43. The van der Waals surface area contributed by atoms with Crippen molar-refractivity contribution in [1.82, 2.24) is 15.5 Å². The Morgan fingerprint density at radius 2 is 2.20 bits per heavy atom. The Bertz CT molecular complexity index is 605. The van der Waals surface area contributed by atoms with E-state index in [0.29, 0.717) is 11.2 Å². The molecular weight excluding hydrogens is 270 g/mol. The average molecular weight is 287 g/mol. The van der Waals surface area contributed by atoms with Crippen molar-refractivity contribution < 1.29 is 4.74 Å². The lowest BCUT2D eigenvalue weighted by Crippen LogP contribution is -2.14. The van der Waals surface area contributed by atoms with Gasteiger partial charge >= 0.3 is 0 Å². The highest BCUT2D eigenvalue weighted by Gasteiger charge is 2.20. The first-order valence-electron chi connectivity index (χ1n) is 6.80. The van der Waals surface area contributed by atoms with Crippen LogP contribution in [0.1, 0.15) is 30.3 Å². The molecule has 0 unspecified atom stereocenters. The maximum atomic E-state index is 5.83. The Morgan fingerprint density at radius 3 is 3.00 bits per heavy atom. The molecule has 20 heavy (non-hydrogen) atoms. The maximum Gasteiger partial charge on any atom is 0.299 e. The normalized spacial score (nSPS) is 14.8. The average Bonchev–Trinajstić information content (AvgIpc) is 3.19. The highest BCUT2D eigenvalue weighted by molar-refractivity contribution is 7.13. The van der Waals surface area contributed by atoms with Gasteiger partial charge in [0.25, 0.3) is 5.19 Å². The molecule has 1 heterocycles. The molecule has 1 aliphatic rings. The summed E-state index contributed by atoms with van der Waals surface area (Å²) in [7, 11) is 0. The van der Waals surface area contributed by atoms with E-state index in [9.17, 15) is 0 Å². The number of aromatic nitrogens is 2. The third-order valence-electron chi connectivity index (χ3n) is 3.03. The monoisotopic (exact) mass is 287 g/mol. The van der Waals surface area contributed by atoms with E-state index in [1.54, 1.807) is 0 Å². The highest BCUT2D eigenvalue weighted by Crippen LogP contribution is 2.29. The smallest absolute Gasteiger partial charge is 0.299 e. The van der Waals surface area contributed by atoms with E-state index in [4.69, 9.17) is 4.74 Å². The second-order valence-corrected chi connectivity index (χ2v) is 5.78. The molecule has 0 bridgehead atoms. The summed E-state index contributed by atoms with van der Waals surface area (Å²) in [5.41, 5.74) is 1.04. The molecule has 1 fully saturated rings. The highest BCUT2D eigenvalue weighted by atomic mass is 32.1. The topological polar surface area (TPSA) is 47.0 Å². The van der Waals surface area contributed by atoms with Gasteiger partial charge in [0.1, 0.15) is 10.8 Å². The molecule has 1 aromatic carbocycles. The van der Waals surface area contributed by atoms with Crippen molar-refractivity contribution in [3.05, 3.63) is 40.9 Å². The molecule has 0 amide bonds. The minimum atomic E-state index is 0.592. The molecule has 3 rings (SSSR count). The third-order valence-corrected chi connectivity index (χ3v) is 3.83. The summed E-state index contributed by atoms with van der Waals surface area (Å²) in [6.07, 6.45) is 6.57. The van der Waals surface area contributed by atoms with Gasteiger partial charge in [0.15, 0.2) is 0 Å². The van der Waals surface area contributed by atoms with Gasteiger partial charge in [-0.3, -0.25) is 0 Å². The van der Waals surface area contributed by atoms with E-state index in [-0.39, 0.29) is 0 Å². The minimum absolute atomic E-state index is 0.592. The van der Waals surface area contributed by atoms with Gasteiger partial charge in [-0.25, -0.2) is 0 Å². The molecule has 0 spiro atoms. The second kappa shape index (κ2) is 6.15. The van der Waals surface area contributed by atoms with Crippen molar-refractivity contribution in [1.29, 1.82) is 0 Å². The molecule has 0 saturated heterocycles. The van der Waals surface area contributed by atoms with Crippen LogP contribution in [-0.2, 0) is 6.54 Å². The summed E-state index contributed by atoms with van der Waals surface area (Å²) in [4.78, 5) is 0. The fraction of sp³-hybridized carbons (Fsp3) is 0.333. The number of nitrogens with one attached hydrogen (secondary N) is 1. The summed E-state index contributed by atoms with van der Waals surface area (Å²) in [5, 5.41) is 13.2. The Morgan fingerprint density at radius 1 is 1.35 bits per heavy atom. The van der Waals surface area contributed by atoms with Crippen molar-refractivity contribution in [2.45, 2.75) is 32.4 Å². The van der Waals surface area contributed by atoms with Crippen LogP contribution in [0.15, 0.2) is 30.3 Å². The number of rotatable bonds is 6. The Balaban J connectivity index is 1.67. The van der Waals surface area contributed by atoms with Crippen LogP contribution >= 0.6 is 11.3 Å². The Labute approximate surface area is 122 Å². The maximum absolute atomic E-state index is 5.83. The SMILES string of the molecule is C/C=C/c1ccccc1Oc1nnc(CNC2CC2)s1. The predicted octanol–water partition coefficient (Wildman–Crippen LogP) is 3.62. The molecule has 1 saturated carbocycles. The number of para-hydroxylation sites is 1. The van der Waals surface area contributed by atoms with Gasteiger partial charge in [0.05, 0.1) is 6.54 Å². The van der Waals surface area contributed by atoms with Crippen molar-refractivity contribution in [3.63, 3.8) is 0 Å². The molecule has 5 heteroatoms. The van der Waals surface area contributed by atoms with Crippen LogP contribution in [-0.4, -0.2) is 16.2 Å². The lowest BCUT2D eigenvalue weighted by molar-refractivity contribution is 0.472. The zero-order valence-corrected chi connectivity index (χ0v) is 12.2. The van der Waals surface area contributed by atoms with Gasteiger partial charge in [0, 0.05) is 11.6 Å². The zero-order chi connectivity index (χ0) is 13.8. The van der Waals surface area contributed by atoms with Gasteiger partial charge < -0.3 is 10.1 Å². The zero-order valence-electron chi connectivity index (χ0n) is 11.4. The Hall–Kier alpha value is -1.72. The van der Waals surface area contributed by atoms with E-state index < -0.39 is 0 Å². The molecule has 4 nitrogen and oxygen atoms in total. The summed E-state index contributed by atoms with van der Waals surface area (Å²) in [5.74, 6) is 0.809. The van der Waals surface area contributed by atoms with Crippen molar-refractivity contribution in [2.75, 3.05) is 0 Å². The van der Waals surface area contributed by atoms with E-state index in [2.05, 4.69) is 15.5 Å². The number of hydrogen-bond donors (Lipinski definition) is 1. The molecule has 0 aliphatic heterocycles. The number of ether oxygens (including phenoxy) is 1. The molecular formula is C15H17N3OS. The largest absolute Gasteiger partial charge is 0.429 e. The van der Waals surface area contributed by atoms with Crippen LogP contribution < -0.4 is 10.1 Å². The standard InChI is InChI=1S/C15H17N3OS/c1-2-5-11-6-3-4-7-13(11)19-15-18-17-14(20-15)10-16-12-8-9-12/h2-7,12,16H,8-10H2,1H3/b5-2+. The van der Waals surface area contributed by atoms with E-state index >= 15 is 0 Å². The summed E-state index contributed by atoms with van der Waals surface area (Å²) in [6.45, 7) is 2.77. The van der Waals surface area contributed by atoms with Crippen LogP contribution in [0.2, 0.25) is 0 Å². The van der Waals surface area contributed by atoms with Crippen molar-refractivity contribution >= 4 is 17.4 Å². The predicted molar refractivity (Wildman–Crippen MR) is 81.0 cm³/mol. The van der Waals surface area contributed by atoms with Crippen LogP contribution in [0.3, 0.4) is 0 Å². The number of allylic oxidation sites excluding steroid dienone is 1. The first-order chi connectivity index (χ1) is 9.85. The van der Waals surface area contributed by atoms with Gasteiger partial charge in [-0.15, -0.1) is 5.10 Å². The van der Waals surface area contributed by atoms with E-state index in [1.165, 1.54) is 24.2 Å². The summed E-state index contributed by atoms with van der Waals surface area (Å²) < 4.78 is 5.83. The molecule has 2 aromatic rings. The lowest BCUT2D eigenvalue weighted by atomic mass is 10.2. The van der Waals surface area contributed by atoms with Crippen LogP contribution in [0, 0.1) is 0 Å². The van der Waals surface area contributed by atoms with E-state index in [1.807, 2.05) is 43.3 Å². The fourth-order valence-electron chi connectivity index (χ4n) is 1.85. The molecule has 0 atom stereocenters. The number of hydrogen-bond acceptors (Lipinski definition) is 5. The van der Waals surface area contributed by atoms with Crippen LogP contribution in [0.4, 0.5) is 0 Å². The quantitative estimate of drug-likeness (QED) is 0.881. The molecule has 104 valence electrons. The van der Waals surface area contributed by atoms with E-state index in [0.717, 1.165) is 22.9 Å². The summed E-state index contributed by atoms with van der Waals surface area (Å²) >= 11 is 1.49.